The van der Waals surface area contributed by atoms with Gasteiger partial charge in [-0.25, -0.2) is 9.37 Å². The molecule has 0 fully saturated rings. The van der Waals surface area contributed by atoms with Crippen LogP contribution in [0.1, 0.15) is 19.4 Å². The summed E-state index contributed by atoms with van der Waals surface area (Å²) >= 11 is 0. The van der Waals surface area contributed by atoms with E-state index in [-0.39, 0.29) is 5.82 Å². The molecule has 5 nitrogen and oxygen atoms in total. The molecule has 4 aromatic rings. The summed E-state index contributed by atoms with van der Waals surface area (Å²) in [5.41, 5.74) is 11.2. The quantitative estimate of drug-likeness (QED) is 0.578. The number of nitrogens with zero attached hydrogens (tertiary/aromatic N) is 4. The van der Waals surface area contributed by atoms with Gasteiger partial charge in [-0.05, 0) is 36.8 Å². The molecular weight excluding hydrogens is 329 g/mol. The van der Waals surface area contributed by atoms with Crippen molar-refractivity contribution in [2.75, 3.05) is 5.73 Å². The summed E-state index contributed by atoms with van der Waals surface area (Å²) in [6, 6.07) is 6.79. The summed E-state index contributed by atoms with van der Waals surface area (Å²) in [5, 5.41) is 0. The van der Waals surface area contributed by atoms with Crippen LogP contribution in [-0.4, -0.2) is 19.4 Å². The van der Waals surface area contributed by atoms with Gasteiger partial charge in [0.25, 0.3) is 0 Å². The van der Waals surface area contributed by atoms with Crippen LogP contribution in [0.2, 0.25) is 0 Å². The monoisotopic (exact) mass is 349 g/mol. The number of pyridine rings is 2. The lowest BCUT2D eigenvalue weighted by Crippen LogP contribution is -1.92. The van der Waals surface area contributed by atoms with Gasteiger partial charge in [-0.2, -0.15) is 0 Å². The second kappa shape index (κ2) is 7.31. The normalized spacial score (nSPS) is 10.5. The number of anilines is 1. The SMILES string of the molecule is CC.Cc1c(-c2cccnc2N)cn2cc(-c3ccc(F)cn3)ncc12. The van der Waals surface area contributed by atoms with Gasteiger partial charge in [0.05, 0.1) is 23.6 Å². The molecule has 2 N–H and O–H groups in total. The zero-order valence-corrected chi connectivity index (χ0v) is 14.9. The molecule has 0 spiro atoms. The number of rotatable bonds is 2. The van der Waals surface area contributed by atoms with Crippen molar-refractivity contribution in [1.82, 2.24) is 19.4 Å². The number of nitrogen functional groups attached to an aromatic ring is 1. The predicted molar refractivity (Wildman–Crippen MR) is 102 cm³/mol. The minimum Gasteiger partial charge on any atom is -0.383 e. The number of hydrogen-bond donors (Lipinski definition) is 1. The molecule has 132 valence electrons. The molecule has 0 unspecified atom stereocenters. The molecule has 0 atom stereocenters. The minimum absolute atomic E-state index is 0.369. The Bertz CT molecular complexity index is 1040. The fraction of sp³-hybridized carbons (Fsp3) is 0.150. The summed E-state index contributed by atoms with van der Waals surface area (Å²) in [6.07, 6.45) is 8.50. The molecule has 0 radical (unpaired) electrons. The first-order chi connectivity index (χ1) is 12.6. The van der Waals surface area contributed by atoms with Crippen LogP contribution in [0, 0.1) is 12.7 Å². The molecule has 6 heteroatoms. The molecule has 0 aliphatic heterocycles. The standard InChI is InChI=1S/C18H14FN5.C2H6/c1-11-14(13-3-2-6-21-18(13)20)9-24-10-16(23-8-17(11)24)15-5-4-12(19)7-22-15;1-2/h2-10H,1H3,(H2,20,21);1-2H3. The summed E-state index contributed by atoms with van der Waals surface area (Å²) in [5.74, 6) is 0.121. The van der Waals surface area contributed by atoms with Crippen molar-refractivity contribution in [3.8, 4) is 22.5 Å². The Labute approximate surface area is 151 Å². The highest BCUT2D eigenvalue weighted by Gasteiger charge is 2.13. The highest BCUT2D eigenvalue weighted by Crippen LogP contribution is 2.31. The Morgan fingerprint density at radius 3 is 2.38 bits per heavy atom. The number of aromatic nitrogens is 4. The van der Waals surface area contributed by atoms with E-state index in [1.165, 1.54) is 12.3 Å². The van der Waals surface area contributed by atoms with Crippen molar-refractivity contribution in [2.24, 2.45) is 0 Å². The first kappa shape index (κ1) is 17.5. The fourth-order valence-electron chi connectivity index (χ4n) is 2.78. The van der Waals surface area contributed by atoms with E-state index in [9.17, 15) is 4.39 Å². The molecule has 0 aliphatic rings. The lowest BCUT2D eigenvalue weighted by molar-refractivity contribution is 0.622. The van der Waals surface area contributed by atoms with Crippen molar-refractivity contribution >= 4 is 11.3 Å². The number of nitrogens with two attached hydrogens (primary N) is 1. The maximum atomic E-state index is 13.0. The number of fused-ring (bicyclic) bond motifs is 1. The van der Waals surface area contributed by atoms with Gasteiger partial charge in [0.2, 0.25) is 0 Å². The van der Waals surface area contributed by atoms with Gasteiger partial charge < -0.3 is 10.1 Å². The number of halogens is 1. The van der Waals surface area contributed by atoms with Gasteiger partial charge in [0.1, 0.15) is 17.3 Å². The van der Waals surface area contributed by atoms with E-state index in [1.54, 1.807) is 18.5 Å². The molecule has 0 saturated heterocycles. The van der Waals surface area contributed by atoms with E-state index in [0.29, 0.717) is 17.2 Å². The largest absolute Gasteiger partial charge is 0.383 e. The van der Waals surface area contributed by atoms with E-state index in [2.05, 4.69) is 15.0 Å². The van der Waals surface area contributed by atoms with Crippen LogP contribution in [0.5, 0.6) is 0 Å². The summed E-state index contributed by atoms with van der Waals surface area (Å²) in [4.78, 5) is 12.7. The molecule has 4 aromatic heterocycles. The molecular formula is C20H20FN5. The van der Waals surface area contributed by atoms with Crippen LogP contribution >= 0.6 is 0 Å². The average Bonchev–Trinajstić information content (AvgIpc) is 3.00. The molecule has 0 aliphatic carbocycles. The molecule has 0 bridgehead atoms. The van der Waals surface area contributed by atoms with Crippen molar-refractivity contribution in [2.45, 2.75) is 20.8 Å². The first-order valence-electron chi connectivity index (χ1n) is 8.43. The summed E-state index contributed by atoms with van der Waals surface area (Å²) in [7, 11) is 0. The highest BCUT2D eigenvalue weighted by molar-refractivity contribution is 5.81. The van der Waals surface area contributed by atoms with Gasteiger partial charge in [0.15, 0.2) is 0 Å². The minimum atomic E-state index is -0.369. The van der Waals surface area contributed by atoms with Crippen LogP contribution in [0.3, 0.4) is 0 Å². The second-order valence-electron chi connectivity index (χ2n) is 5.53. The summed E-state index contributed by atoms with van der Waals surface area (Å²) in [6.45, 7) is 6.02. The van der Waals surface area contributed by atoms with Crippen LogP contribution in [0.15, 0.2) is 55.2 Å². The lowest BCUT2D eigenvalue weighted by atomic mass is 10.1. The fourth-order valence-corrected chi connectivity index (χ4v) is 2.78. The van der Waals surface area contributed by atoms with Gasteiger partial charge in [-0.1, -0.05) is 13.8 Å². The average molecular weight is 349 g/mol. The van der Waals surface area contributed by atoms with Gasteiger partial charge >= 0.3 is 0 Å². The van der Waals surface area contributed by atoms with Gasteiger partial charge in [-0.15, -0.1) is 0 Å². The smallest absolute Gasteiger partial charge is 0.141 e. The Morgan fingerprint density at radius 2 is 1.69 bits per heavy atom. The maximum absolute atomic E-state index is 13.0. The Kier molecular flexibility index (Phi) is 4.93. The Balaban J connectivity index is 0.000000948. The molecule has 4 rings (SSSR count). The van der Waals surface area contributed by atoms with Crippen LogP contribution in [0.25, 0.3) is 28.0 Å². The Hall–Kier alpha value is -3.28. The Morgan fingerprint density at radius 1 is 0.923 bits per heavy atom. The number of hydrogen-bond acceptors (Lipinski definition) is 4. The van der Waals surface area contributed by atoms with Crippen molar-refractivity contribution in [3.05, 3.63) is 66.6 Å². The van der Waals surface area contributed by atoms with Crippen molar-refractivity contribution in [1.29, 1.82) is 0 Å². The molecule has 26 heavy (non-hydrogen) atoms. The second-order valence-corrected chi connectivity index (χ2v) is 5.53. The molecule has 0 saturated carbocycles. The van der Waals surface area contributed by atoms with Crippen LogP contribution < -0.4 is 5.73 Å². The molecule has 0 amide bonds. The number of aryl methyl sites for hydroxylation is 1. The van der Waals surface area contributed by atoms with Crippen LogP contribution in [0.4, 0.5) is 10.2 Å². The maximum Gasteiger partial charge on any atom is 0.141 e. The lowest BCUT2D eigenvalue weighted by Gasteiger charge is -2.02. The first-order valence-corrected chi connectivity index (χ1v) is 8.43. The zero-order valence-electron chi connectivity index (χ0n) is 14.9. The van der Waals surface area contributed by atoms with Crippen molar-refractivity contribution in [3.63, 3.8) is 0 Å². The van der Waals surface area contributed by atoms with Gasteiger partial charge in [-0.3, -0.25) is 9.97 Å². The van der Waals surface area contributed by atoms with E-state index >= 15 is 0 Å². The van der Waals surface area contributed by atoms with E-state index in [0.717, 1.165) is 22.2 Å². The molecule has 4 heterocycles. The summed E-state index contributed by atoms with van der Waals surface area (Å²) < 4.78 is 15.0. The third-order valence-corrected chi connectivity index (χ3v) is 4.04. The van der Waals surface area contributed by atoms with E-state index in [1.807, 2.05) is 49.7 Å². The zero-order chi connectivity index (χ0) is 18.7. The molecule has 0 aromatic carbocycles. The highest BCUT2D eigenvalue weighted by atomic mass is 19.1. The van der Waals surface area contributed by atoms with Crippen LogP contribution in [-0.2, 0) is 0 Å². The third kappa shape index (κ3) is 3.13. The third-order valence-electron chi connectivity index (χ3n) is 4.04. The van der Waals surface area contributed by atoms with E-state index < -0.39 is 0 Å². The van der Waals surface area contributed by atoms with E-state index in [4.69, 9.17) is 5.73 Å². The predicted octanol–water partition coefficient (Wildman–Crippen LogP) is 4.51. The van der Waals surface area contributed by atoms with Crippen molar-refractivity contribution < 1.29 is 4.39 Å². The topological polar surface area (TPSA) is 69.1 Å². The van der Waals surface area contributed by atoms with Gasteiger partial charge in [0, 0.05) is 29.7 Å².